The van der Waals surface area contributed by atoms with Gasteiger partial charge < -0.3 is 10.6 Å². The first-order chi connectivity index (χ1) is 10.2. The van der Waals surface area contributed by atoms with E-state index < -0.39 is 0 Å². The van der Waals surface area contributed by atoms with Crippen LogP contribution in [0.4, 0.5) is 0 Å². The summed E-state index contributed by atoms with van der Waals surface area (Å²) < 4.78 is 0. The van der Waals surface area contributed by atoms with Gasteiger partial charge in [0.25, 0.3) is 0 Å². The van der Waals surface area contributed by atoms with E-state index in [2.05, 4.69) is 38.1 Å². The number of hydrogen-bond acceptors (Lipinski definition) is 2. The molecular weight excluding hydrogens is 260 g/mol. The highest BCUT2D eigenvalue weighted by molar-refractivity contribution is 5.77. The van der Waals surface area contributed by atoms with Crippen LogP contribution in [0, 0.1) is 11.8 Å². The van der Waals surface area contributed by atoms with E-state index in [1.165, 1.54) is 5.56 Å². The maximum absolute atomic E-state index is 12.5. The zero-order valence-corrected chi connectivity index (χ0v) is 13.3. The van der Waals surface area contributed by atoms with Gasteiger partial charge in [0, 0.05) is 25.4 Å². The van der Waals surface area contributed by atoms with Gasteiger partial charge in [0.2, 0.25) is 5.91 Å². The zero-order chi connectivity index (χ0) is 15.2. The lowest BCUT2D eigenvalue weighted by Crippen LogP contribution is -2.31. The van der Waals surface area contributed by atoms with Crippen LogP contribution in [-0.4, -0.2) is 30.4 Å². The molecule has 2 atom stereocenters. The maximum atomic E-state index is 12.5. The largest absolute Gasteiger partial charge is 0.342 e. The van der Waals surface area contributed by atoms with Crippen molar-refractivity contribution >= 4 is 5.91 Å². The SMILES string of the molecule is CCC(CC)CC(=O)N1C[C@@H](CN)[C@H](c2ccccc2)C1. The summed E-state index contributed by atoms with van der Waals surface area (Å²) in [7, 11) is 0. The molecule has 21 heavy (non-hydrogen) atoms. The molecule has 2 N–H and O–H groups in total. The highest BCUT2D eigenvalue weighted by Gasteiger charge is 2.35. The minimum absolute atomic E-state index is 0.306. The zero-order valence-electron chi connectivity index (χ0n) is 13.3. The molecule has 1 heterocycles. The van der Waals surface area contributed by atoms with Crippen molar-refractivity contribution in [3.63, 3.8) is 0 Å². The highest BCUT2D eigenvalue weighted by atomic mass is 16.2. The third-order valence-corrected chi connectivity index (χ3v) is 4.94. The summed E-state index contributed by atoms with van der Waals surface area (Å²) in [5.41, 5.74) is 7.25. The van der Waals surface area contributed by atoms with E-state index in [9.17, 15) is 4.79 Å². The molecule has 1 aliphatic heterocycles. The Morgan fingerprint density at radius 1 is 1.24 bits per heavy atom. The number of amides is 1. The minimum atomic E-state index is 0.306. The van der Waals surface area contributed by atoms with E-state index in [-0.39, 0.29) is 0 Å². The van der Waals surface area contributed by atoms with Crippen molar-refractivity contribution < 1.29 is 4.79 Å². The number of hydrogen-bond donors (Lipinski definition) is 1. The molecule has 3 heteroatoms. The molecule has 1 aromatic rings. The van der Waals surface area contributed by atoms with Crippen LogP contribution < -0.4 is 5.73 Å². The summed E-state index contributed by atoms with van der Waals surface area (Å²) in [5, 5.41) is 0. The second kappa shape index (κ2) is 7.60. The van der Waals surface area contributed by atoms with Gasteiger partial charge >= 0.3 is 0 Å². The maximum Gasteiger partial charge on any atom is 0.222 e. The fraction of sp³-hybridized carbons (Fsp3) is 0.611. The number of carbonyl (C=O) groups excluding carboxylic acids is 1. The molecule has 1 saturated heterocycles. The van der Waals surface area contributed by atoms with Crippen LogP contribution in [-0.2, 0) is 4.79 Å². The van der Waals surface area contributed by atoms with E-state index >= 15 is 0 Å². The molecule has 0 radical (unpaired) electrons. The van der Waals surface area contributed by atoms with Crippen molar-refractivity contribution in [1.82, 2.24) is 4.90 Å². The fourth-order valence-corrected chi connectivity index (χ4v) is 3.35. The average molecular weight is 288 g/mol. The number of benzene rings is 1. The molecule has 0 saturated carbocycles. The van der Waals surface area contributed by atoms with Crippen molar-refractivity contribution in [2.24, 2.45) is 17.6 Å². The van der Waals surface area contributed by atoms with E-state index in [0.29, 0.717) is 36.6 Å². The van der Waals surface area contributed by atoms with Crippen LogP contribution >= 0.6 is 0 Å². The molecule has 0 aromatic heterocycles. The van der Waals surface area contributed by atoms with Gasteiger partial charge in [-0.2, -0.15) is 0 Å². The molecule has 1 aliphatic rings. The van der Waals surface area contributed by atoms with E-state index in [4.69, 9.17) is 5.73 Å². The lowest BCUT2D eigenvalue weighted by Gasteiger charge is -2.20. The second-order valence-electron chi connectivity index (χ2n) is 6.20. The molecular formula is C18H28N2O. The lowest BCUT2D eigenvalue weighted by atomic mass is 9.89. The van der Waals surface area contributed by atoms with E-state index in [0.717, 1.165) is 25.9 Å². The van der Waals surface area contributed by atoms with Crippen molar-refractivity contribution in [3.8, 4) is 0 Å². The number of nitrogens with zero attached hydrogens (tertiary/aromatic N) is 1. The van der Waals surface area contributed by atoms with Gasteiger partial charge in [0.05, 0.1) is 0 Å². The molecule has 0 unspecified atom stereocenters. The first-order valence-electron chi connectivity index (χ1n) is 8.22. The normalized spacial score (nSPS) is 22.0. The van der Waals surface area contributed by atoms with Gasteiger partial charge in [-0.15, -0.1) is 0 Å². The number of nitrogens with two attached hydrogens (primary N) is 1. The Hall–Kier alpha value is -1.35. The Morgan fingerprint density at radius 3 is 2.48 bits per heavy atom. The van der Waals surface area contributed by atoms with E-state index in [1.54, 1.807) is 0 Å². The smallest absolute Gasteiger partial charge is 0.222 e. The van der Waals surface area contributed by atoms with Crippen LogP contribution in [0.2, 0.25) is 0 Å². The number of likely N-dealkylation sites (tertiary alicyclic amines) is 1. The molecule has 1 fully saturated rings. The molecule has 0 aliphatic carbocycles. The fourth-order valence-electron chi connectivity index (χ4n) is 3.35. The van der Waals surface area contributed by atoms with Gasteiger partial charge in [-0.1, -0.05) is 57.0 Å². The van der Waals surface area contributed by atoms with Crippen molar-refractivity contribution in [3.05, 3.63) is 35.9 Å². The number of rotatable bonds is 6. The Kier molecular flexibility index (Phi) is 5.80. The first kappa shape index (κ1) is 16.0. The lowest BCUT2D eigenvalue weighted by molar-refractivity contribution is -0.131. The molecule has 0 spiro atoms. The first-order valence-corrected chi connectivity index (χ1v) is 8.22. The van der Waals surface area contributed by atoms with Crippen LogP contribution in [0.3, 0.4) is 0 Å². The van der Waals surface area contributed by atoms with Gasteiger partial charge in [-0.3, -0.25) is 4.79 Å². The van der Waals surface area contributed by atoms with Crippen LogP contribution in [0.25, 0.3) is 0 Å². The van der Waals surface area contributed by atoms with Crippen LogP contribution in [0.5, 0.6) is 0 Å². The third kappa shape index (κ3) is 3.85. The van der Waals surface area contributed by atoms with Crippen molar-refractivity contribution in [2.75, 3.05) is 19.6 Å². The Bertz CT molecular complexity index is 442. The van der Waals surface area contributed by atoms with Gasteiger partial charge in [0.1, 0.15) is 0 Å². The minimum Gasteiger partial charge on any atom is -0.342 e. The van der Waals surface area contributed by atoms with Gasteiger partial charge in [0.15, 0.2) is 0 Å². The second-order valence-corrected chi connectivity index (χ2v) is 6.20. The summed E-state index contributed by atoms with van der Waals surface area (Å²) in [6.07, 6.45) is 2.85. The Morgan fingerprint density at radius 2 is 1.90 bits per heavy atom. The topological polar surface area (TPSA) is 46.3 Å². The molecule has 1 amide bonds. The highest BCUT2D eigenvalue weighted by Crippen LogP contribution is 2.32. The number of carbonyl (C=O) groups is 1. The molecule has 2 rings (SSSR count). The van der Waals surface area contributed by atoms with E-state index in [1.807, 2.05) is 11.0 Å². The molecule has 116 valence electrons. The molecule has 0 bridgehead atoms. The summed E-state index contributed by atoms with van der Waals surface area (Å²) in [4.78, 5) is 14.5. The monoisotopic (exact) mass is 288 g/mol. The Labute approximate surface area is 128 Å². The quantitative estimate of drug-likeness (QED) is 0.874. The summed E-state index contributed by atoms with van der Waals surface area (Å²) in [6.45, 7) is 6.62. The molecule has 1 aromatic carbocycles. The van der Waals surface area contributed by atoms with Crippen LogP contribution in [0.1, 0.15) is 44.6 Å². The summed E-state index contributed by atoms with van der Waals surface area (Å²) in [5.74, 6) is 1.60. The van der Waals surface area contributed by atoms with Crippen LogP contribution in [0.15, 0.2) is 30.3 Å². The standard InChI is InChI=1S/C18H28N2O/c1-3-14(4-2)10-18(21)20-12-16(11-19)17(13-20)15-8-6-5-7-9-15/h5-9,14,16-17H,3-4,10-13,19H2,1-2H3/t16-,17+/m1/s1. The summed E-state index contributed by atoms with van der Waals surface area (Å²) in [6, 6.07) is 10.5. The average Bonchev–Trinajstić information content (AvgIpc) is 2.97. The third-order valence-electron chi connectivity index (χ3n) is 4.94. The molecule has 3 nitrogen and oxygen atoms in total. The van der Waals surface area contributed by atoms with Gasteiger partial charge in [-0.05, 0) is 23.9 Å². The predicted octanol–water partition coefficient (Wildman–Crippen LogP) is 3.01. The van der Waals surface area contributed by atoms with Gasteiger partial charge in [-0.25, -0.2) is 0 Å². The predicted molar refractivity (Wildman–Crippen MR) is 87.0 cm³/mol. The van der Waals surface area contributed by atoms with Crippen molar-refractivity contribution in [2.45, 2.75) is 39.0 Å². The Balaban J connectivity index is 2.03. The summed E-state index contributed by atoms with van der Waals surface area (Å²) >= 11 is 0. The van der Waals surface area contributed by atoms with Crippen molar-refractivity contribution in [1.29, 1.82) is 0 Å².